The Balaban J connectivity index is 1.06. The number of nitrogens with zero attached hydrogens (tertiary/aromatic N) is 5. The molecular weight excluding hydrogens is 683 g/mol. The Labute approximate surface area is 325 Å². The molecule has 0 unspecified atom stereocenters. The summed E-state index contributed by atoms with van der Waals surface area (Å²) >= 11 is 0. The van der Waals surface area contributed by atoms with Crippen LogP contribution in [0.2, 0.25) is 0 Å². The van der Waals surface area contributed by atoms with E-state index in [0.717, 1.165) is 55.7 Å². The molecule has 0 aliphatic carbocycles. The lowest BCUT2D eigenvalue weighted by Crippen LogP contribution is -2.09. The lowest BCUT2D eigenvalue weighted by Gasteiger charge is -2.25. The van der Waals surface area contributed by atoms with Crippen LogP contribution in [0.25, 0.3) is 72.8 Å². The summed E-state index contributed by atoms with van der Waals surface area (Å²) in [5, 5.41) is 2.32. The predicted molar refractivity (Wildman–Crippen MR) is 231 cm³/mol. The van der Waals surface area contributed by atoms with Gasteiger partial charge in [-0.05, 0) is 70.8 Å². The number of para-hydroxylation sites is 3. The summed E-state index contributed by atoms with van der Waals surface area (Å²) in [7, 11) is 0. The molecule has 10 aromatic rings. The molecule has 0 fully saturated rings. The van der Waals surface area contributed by atoms with Crippen molar-refractivity contribution < 1.29 is 0 Å². The van der Waals surface area contributed by atoms with E-state index < -0.39 is 0 Å². The van der Waals surface area contributed by atoms with Gasteiger partial charge in [0.1, 0.15) is 0 Å². The summed E-state index contributed by atoms with van der Waals surface area (Å²) in [6.45, 7) is 0. The molecule has 0 amide bonds. The normalized spacial score (nSPS) is 11.2. The molecule has 5 nitrogen and oxygen atoms in total. The molecule has 0 aliphatic heterocycles. The van der Waals surface area contributed by atoms with Crippen molar-refractivity contribution in [1.82, 2.24) is 19.5 Å². The second-order valence-electron chi connectivity index (χ2n) is 13.7. The summed E-state index contributed by atoms with van der Waals surface area (Å²) in [6.07, 6.45) is 0. The molecule has 5 heteroatoms. The second kappa shape index (κ2) is 14.3. The van der Waals surface area contributed by atoms with Gasteiger partial charge in [0.05, 0.1) is 11.0 Å². The molecule has 2 heterocycles. The molecule has 0 radical (unpaired) electrons. The van der Waals surface area contributed by atoms with E-state index in [4.69, 9.17) is 15.0 Å². The summed E-state index contributed by atoms with van der Waals surface area (Å²) in [4.78, 5) is 17.7. The molecule has 264 valence electrons. The van der Waals surface area contributed by atoms with Crippen LogP contribution in [-0.2, 0) is 0 Å². The Morgan fingerprint density at radius 3 is 1.38 bits per heavy atom. The lowest BCUT2D eigenvalue weighted by molar-refractivity contribution is 0.953. The molecule has 8 aromatic carbocycles. The van der Waals surface area contributed by atoms with Crippen LogP contribution in [0.4, 0.5) is 17.1 Å². The minimum atomic E-state index is 0.575. The van der Waals surface area contributed by atoms with Crippen molar-refractivity contribution in [3.63, 3.8) is 0 Å². The average Bonchev–Trinajstić information content (AvgIpc) is 3.63. The second-order valence-corrected chi connectivity index (χ2v) is 13.7. The van der Waals surface area contributed by atoms with E-state index in [1.54, 1.807) is 0 Å². The van der Waals surface area contributed by atoms with Crippen LogP contribution in [0, 0.1) is 0 Å². The minimum absolute atomic E-state index is 0.575. The monoisotopic (exact) mass is 717 g/mol. The SMILES string of the molecule is c1ccc(-c2nc(-c3ccc(-c4ccc(N(c5ccccc5)c5ccccc5)cc4)cc3)nc(-n3c4ccccc4c4c(-c5ccccc5)cccc43)n2)cc1. The Bertz CT molecular complexity index is 2890. The zero-order valence-corrected chi connectivity index (χ0v) is 30.4. The van der Waals surface area contributed by atoms with Crippen LogP contribution in [0.15, 0.2) is 212 Å². The predicted octanol–water partition coefficient (Wildman–Crippen LogP) is 13.1. The highest BCUT2D eigenvalue weighted by atomic mass is 15.2. The third kappa shape index (κ3) is 6.07. The zero-order chi connectivity index (χ0) is 37.3. The number of hydrogen-bond donors (Lipinski definition) is 0. The van der Waals surface area contributed by atoms with Crippen molar-refractivity contribution in [3.05, 3.63) is 212 Å². The van der Waals surface area contributed by atoms with Gasteiger partial charge in [0.15, 0.2) is 11.6 Å². The maximum Gasteiger partial charge on any atom is 0.238 e. The molecule has 0 aliphatic rings. The highest BCUT2D eigenvalue weighted by molar-refractivity contribution is 6.15. The first-order valence-corrected chi connectivity index (χ1v) is 18.8. The molecular formula is C51H35N5. The zero-order valence-electron chi connectivity index (χ0n) is 30.4. The van der Waals surface area contributed by atoms with Crippen LogP contribution >= 0.6 is 0 Å². The fourth-order valence-electron chi connectivity index (χ4n) is 7.62. The van der Waals surface area contributed by atoms with Gasteiger partial charge in [0, 0.05) is 39.0 Å². The van der Waals surface area contributed by atoms with Crippen molar-refractivity contribution in [2.75, 3.05) is 4.90 Å². The molecule has 0 saturated heterocycles. The molecule has 2 aromatic heterocycles. The van der Waals surface area contributed by atoms with Gasteiger partial charge in [0.2, 0.25) is 5.95 Å². The van der Waals surface area contributed by atoms with Gasteiger partial charge in [-0.3, -0.25) is 4.57 Å². The molecule has 10 rings (SSSR count). The van der Waals surface area contributed by atoms with E-state index in [1.165, 1.54) is 16.5 Å². The van der Waals surface area contributed by atoms with E-state index in [0.29, 0.717) is 17.6 Å². The van der Waals surface area contributed by atoms with E-state index in [-0.39, 0.29) is 0 Å². The van der Waals surface area contributed by atoms with Gasteiger partial charge in [-0.2, -0.15) is 9.97 Å². The van der Waals surface area contributed by atoms with Gasteiger partial charge in [-0.15, -0.1) is 0 Å². The highest BCUT2D eigenvalue weighted by Crippen LogP contribution is 2.39. The maximum atomic E-state index is 5.20. The van der Waals surface area contributed by atoms with E-state index in [1.807, 2.05) is 42.5 Å². The van der Waals surface area contributed by atoms with Crippen molar-refractivity contribution >= 4 is 38.9 Å². The first kappa shape index (κ1) is 33.0. The molecule has 0 N–H and O–H groups in total. The maximum absolute atomic E-state index is 5.20. The fourth-order valence-corrected chi connectivity index (χ4v) is 7.62. The number of rotatable bonds is 8. The number of benzene rings is 8. The number of aromatic nitrogens is 4. The molecule has 0 spiro atoms. The first-order chi connectivity index (χ1) is 27.8. The lowest BCUT2D eigenvalue weighted by atomic mass is 9.99. The van der Waals surface area contributed by atoms with Gasteiger partial charge < -0.3 is 4.90 Å². The number of anilines is 3. The summed E-state index contributed by atoms with van der Waals surface area (Å²) < 4.78 is 2.18. The highest BCUT2D eigenvalue weighted by Gasteiger charge is 2.20. The third-order valence-corrected chi connectivity index (χ3v) is 10.3. The first-order valence-electron chi connectivity index (χ1n) is 18.8. The Morgan fingerprint density at radius 2 is 0.768 bits per heavy atom. The molecule has 0 bridgehead atoms. The van der Waals surface area contributed by atoms with Gasteiger partial charge >= 0.3 is 0 Å². The van der Waals surface area contributed by atoms with Gasteiger partial charge in [-0.25, -0.2) is 4.98 Å². The third-order valence-electron chi connectivity index (χ3n) is 10.3. The van der Waals surface area contributed by atoms with Crippen LogP contribution in [-0.4, -0.2) is 19.5 Å². The standard InChI is InChI=1S/C51H35N5/c1-5-16-38(17-6-1)44-25-15-27-47-48(44)45-24-13-14-26-46(45)56(47)51-53-49(39-18-7-2-8-19-39)52-50(54-51)40-30-28-36(29-31-40)37-32-34-43(35-33-37)55(41-20-9-3-10-21-41)42-22-11-4-12-23-42/h1-35H. The smallest absolute Gasteiger partial charge is 0.238 e. The van der Waals surface area contributed by atoms with Crippen LogP contribution in [0.1, 0.15) is 0 Å². The van der Waals surface area contributed by atoms with Crippen LogP contribution < -0.4 is 4.90 Å². The number of hydrogen-bond acceptors (Lipinski definition) is 4. The van der Waals surface area contributed by atoms with Crippen molar-refractivity contribution in [2.24, 2.45) is 0 Å². The van der Waals surface area contributed by atoms with Crippen molar-refractivity contribution in [2.45, 2.75) is 0 Å². The molecule has 56 heavy (non-hydrogen) atoms. The van der Waals surface area contributed by atoms with Gasteiger partial charge in [0.25, 0.3) is 0 Å². The average molecular weight is 718 g/mol. The number of fused-ring (bicyclic) bond motifs is 3. The minimum Gasteiger partial charge on any atom is -0.311 e. The summed E-state index contributed by atoms with van der Waals surface area (Å²) in [6, 6.07) is 73.9. The quantitative estimate of drug-likeness (QED) is 0.157. The van der Waals surface area contributed by atoms with Crippen molar-refractivity contribution in [3.8, 4) is 51.0 Å². The summed E-state index contributed by atoms with van der Waals surface area (Å²) in [5.74, 6) is 1.81. The largest absolute Gasteiger partial charge is 0.311 e. The van der Waals surface area contributed by atoms with E-state index in [2.05, 4.69) is 179 Å². The summed E-state index contributed by atoms with van der Waals surface area (Å²) in [5.41, 5.74) is 11.8. The van der Waals surface area contributed by atoms with Gasteiger partial charge in [-0.1, -0.05) is 164 Å². The molecule has 0 atom stereocenters. The van der Waals surface area contributed by atoms with Crippen molar-refractivity contribution in [1.29, 1.82) is 0 Å². The molecule has 0 saturated carbocycles. The Morgan fingerprint density at radius 1 is 0.321 bits per heavy atom. The Kier molecular flexibility index (Phi) is 8.43. The van der Waals surface area contributed by atoms with E-state index in [9.17, 15) is 0 Å². The fraction of sp³-hybridized carbons (Fsp3) is 0. The van der Waals surface area contributed by atoms with Crippen LogP contribution in [0.5, 0.6) is 0 Å². The Hall–Kier alpha value is -7.63. The topological polar surface area (TPSA) is 46.8 Å². The van der Waals surface area contributed by atoms with E-state index >= 15 is 0 Å². The van der Waals surface area contributed by atoms with Crippen LogP contribution in [0.3, 0.4) is 0 Å².